The third-order valence-electron chi connectivity index (χ3n) is 4.49. The summed E-state index contributed by atoms with van der Waals surface area (Å²) in [6.07, 6.45) is 2.05. The second-order valence-corrected chi connectivity index (χ2v) is 6.26. The molecule has 0 bridgehead atoms. The van der Waals surface area contributed by atoms with Crippen molar-refractivity contribution < 1.29 is 17.9 Å². The van der Waals surface area contributed by atoms with E-state index in [9.17, 15) is 13.6 Å². The number of benzene rings is 1. The molecular formula is C19H17F2N3O3. The van der Waals surface area contributed by atoms with Crippen LogP contribution in [0.1, 0.15) is 16.8 Å². The number of rotatable bonds is 5. The van der Waals surface area contributed by atoms with Gasteiger partial charge in [-0.05, 0) is 24.6 Å². The first-order valence-corrected chi connectivity index (χ1v) is 8.51. The van der Waals surface area contributed by atoms with Crippen LogP contribution in [0.15, 0.2) is 51.9 Å². The van der Waals surface area contributed by atoms with Crippen molar-refractivity contribution in [3.8, 4) is 17.3 Å². The van der Waals surface area contributed by atoms with Crippen molar-refractivity contribution >= 4 is 0 Å². The molecule has 8 heteroatoms. The standard InChI is InChI=1S/C19H17F2N3O3/c20-19(21)27-15-5-2-1-4-12(15)10-24-8-7-13-14(11-24)22-17(23-18(13)25)16-6-3-9-26-16/h1-6,9,19H,7-8,10-11H2,(H,22,23,25). The SMILES string of the molecule is O=c1[nH]c(-c2ccco2)nc2c1CCN(Cc1ccccc1OC(F)F)C2. The van der Waals surface area contributed by atoms with Crippen LogP contribution in [0.5, 0.6) is 5.75 Å². The van der Waals surface area contributed by atoms with Gasteiger partial charge in [0.05, 0.1) is 12.0 Å². The van der Waals surface area contributed by atoms with E-state index in [0.717, 1.165) is 0 Å². The molecule has 0 fully saturated rings. The summed E-state index contributed by atoms with van der Waals surface area (Å²) in [6, 6.07) is 10.2. The van der Waals surface area contributed by atoms with Gasteiger partial charge in [-0.1, -0.05) is 18.2 Å². The van der Waals surface area contributed by atoms with Crippen LogP contribution in [0.25, 0.3) is 11.6 Å². The summed E-state index contributed by atoms with van der Waals surface area (Å²) in [5.41, 5.74) is 1.81. The van der Waals surface area contributed by atoms with E-state index >= 15 is 0 Å². The number of aromatic nitrogens is 2. The van der Waals surface area contributed by atoms with Gasteiger partial charge in [0.2, 0.25) is 0 Å². The van der Waals surface area contributed by atoms with Crippen molar-refractivity contribution in [2.45, 2.75) is 26.1 Å². The van der Waals surface area contributed by atoms with Crippen LogP contribution in [-0.4, -0.2) is 28.0 Å². The number of H-pyrrole nitrogens is 1. The first kappa shape index (κ1) is 17.4. The first-order valence-electron chi connectivity index (χ1n) is 8.51. The number of hydrogen-bond acceptors (Lipinski definition) is 5. The van der Waals surface area contributed by atoms with Gasteiger partial charge in [-0.25, -0.2) is 4.98 Å². The molecule has 0 radical (unpaired) electrons. The fraction of sp³-hybridized carbons (Fsp3) is 0.263. The fourth-order valence-electron chi connectivity index (χ4n) is 3.25. The molecule has 4 rings (SSSR count). The van der Waals surface area contributed by atoms with Gasteiger partial charge in [0.15, 0.2) is 11.6 Å². The lowest BCUT2D eigenvalue weighted by Gasteiger charge is -2.28. The highest BCUT2D eigenvalue weighted by atomic mass is 19.3. The zero-order valence-electron chi connectivity index (χ0n) is 14.3. The number of furan rings is 1. The number of fused-ring (bicyclic) bond motifs is 1. The molecule has 0 unspecified atom stereocenters. The largest absolute Gasteiger partial charge is 0.461 e. The predicted molar refractivity (Wildman–Crippen MR) is 93.5 cm³/mol. The Kier molecular flexibility index (Phi) is 4.72. The minimum atomic E-state index is -2.87. The molecular weight excluding hydrogens is 356 g/mol. The maximum absolute atomic E-state index is 12.6. The molecule has 2 aromatic heterocycles. The van der Waals surface area contributed by atoms with Crippen LogP contribution in [0.3, 0.4) is 0 Å². The zero-order chi connectivity index (χ0) is 18.8. The number of hydrogen-bond donors (Lipinski definition) is 1. The van der Waals surface area contributed by atoms with Crippen molar-refractivity contribution in [1.82, 2.24) is 14.9 Å². The third-order valence-corrected chi connectivity index (χ3v) is 4.49. The predicted octanol–water partition coefficient (Wildman–Crippen LogP) is 3.19. The van der Waals surface area contributed by atoms with Crippen LogP contribution in [0.2, 0.25) is 0 Å². The third kappa shape index (κ3) is 3.75. The molecule has 3 heterocycles. The number of para-hydroxylation sites is 1. The summed E-state index contributed by atoms with van der Waals surface area (Å²) in [5, 5.41) is 0. The minimum absolute atomic E-state index is 0.161. The van der Waals surface area contributed by atoms with Crippen molar-refractivity contribution in [1.29, 1.82) is 0 Å². The monoisotopic (exact) mass is 373 g/mol. The topological polar surface area (TPSA) is 71.4 Å². The maximum atomic E-state index is 12.6. The molecule has 1 aliphatic rings. The molecule has 0 atom stereocenters. The lowest BCUT2D eigenvalue weighted by atomic mass is 10.1. The average molecular weight is 373 g/mol. The Balaban J connectivity index is 1.58. The van der Waals surface area contributed by atoms with E-state index in [1.54, 1.807) is 30.3 Å². The van der Waals surface area contributed by atoms with Gasteiger partial charge in [0.25, 0.3) is 5.56 Å². The lowest BCUT2D eigenvalue weighted by Crippen LogP contribution is -2.35. The maximum Gasteiger partial charge on any atom is 0.387 e. The molecule has 3 aromatic rings. The Labute approximate surface area is 153 Å². The molecule has 6 nitrogen and oxygen atoms in total. The van der Waals surface area contributed by atoms with E-state index in [1.165, 1.54) is 12.3 Å². The van der Waals surface area contributed by atoms with Crippen molar-refractivity contribution in [2.75, 3.05) is 6.54 Å². The second-order valence-electron chi connectivity index (χ2n) is 6.26. The van der Waals surface area contributed by atoms with Gasteiger partial charge < -0.3 is 14.1 Å². The summed E-state index contributed by atoms with van der Waals surface area (Å²) in [4.78, 5) is 21.7. The van der Waals surface area contributed by atoms with Crippen LogP contribution in [0, 0.1) is 0 Å². The molecule has 0 saturated carbocycles. The van der Waals surface area contributed by atoms with Gasteiger partial charge in [-0.3, -0.25) is 9.69 Å². The molecule has 0 amide bonds. The van der Waals surface area contributed by atoms with Gasteiger partial charge >= 0.3 is 6.61 Å². The Bertz CT molecular complexity index is 986. The molecule has 0 spiro atoms. The molecule has 1 N–H and O–H groups in total. The van der Waals surface area contributed by atoms with Crippen molar-refractivity contribution in [3.05, 3.63) is 69.8 Å². The molecule has 140 valence electrons. The van der Waals surface area contributed by atoms with E-state index in [2.05, 4.69) is 14.7 Å². The summed E-state index contributed by atoms with van der Waals surface area (Å²) in [5.74, 6) is 1.03. The summed E-state index contributed by atoms with van der Waals surface area (Å²) < 4.78 is 35.1. The van der Waals surface area contributed by atoms with Crippen LogP contribution >= 0.6 is 0 Å². The Morgan fingerprint density at radius 2 is 2.11 bits per heavy atom. The molecule has 27 heavy (non-hydrogen) atoms. The second kappa shape index (κ2) is 7.32. The summed E-state index contributed by atoms with van der Waals surface area (Å²) in [6.45, 7) is -1.38. The number of ether oxygens (including phenoxy) is 1. The Morgan fingerprint density at radius 3 is 2.89 bits per heavy atom. The molecule has 1 aromatic carbocycles. The van der Waals surface area contributed by atoms with E-state index in [1.807, 2.05) is 4.90 Å². The van der Waals surface area contributed by atoms with Crippen molar-refractivity contribution in [3.63, 3.8) is 0 Å². The van der Waals surface area contributed by atoms with Gasteiger partial charge in [0, 0.05) is 30.8 Å². The quantitative estimate of drug-likeness (QED) is 0.744. The highest BCUT2D eigenvalue weighted by Crippen LogP contribution is 2.25. The van der Waals surface area contributed by atoms with Crippen LogP contribution in [0.4, 0.5) is 8.78 Å². The smallest absolute Gasteiger partial charge is 0.387 e. The summed E-state index contributed by atoms with van der Waals surface area (Å²) >= 11 is 0. The normalized spacial score (nSPS) is 14.3. The number of aromatic amines is 1. The van der Waals surface area contributed by atoms with Crippen molar-refractivity contribution in [2.24, 2.45) is 0 Å². The number of alkyl halides is 2. The Hall–Kier alpha value is -3.00. The van der Waals surface area contributed by atoms with E-state index < -0.39 is 6.61 Å². The Morgan fingerprint density at radius 1 is 1.26 bits per heavy atom. The van der Waals surface area contributed by atoms with Crippen LogP contribution in [-0.2, 0) is 19.5 Å². The van der Waals surface area contributed by atoms with Gasteiger partial charge in [-0.2, -0.15) is 8.78 Å². The molecule has 1 aliphatic heterocycles. The fourth-order valence-corrected chi connectivity index (χ4v) is 3.25. The van der Waals surface area contributed by atoms with Gasteiger partial charge in [-0.15, -0.1) is 0 Å². The minimum Gasteiger partial charge on any atom is -0.461 e. The highest BCUT2D eigenvalue weighted by molar-refractivity contribution is 5.47. The number of halogens is 2. The lowest BCUT2D eigenvalue weighted by molar-refractivity contribution is -0.0508. The summed E-state index contributed by atoms with van der Waals surface area (Å²) in [7, 11) is 0. The van der Waals surface area contributed by atoms with E-state index in [0.29, 0.717) is 54.5 Å². The van der Waals surface area contributed by atoms with E-state index in [4.69, 9.17) is 4.42 Å². The first-order chi connectivity index (χ1) is 13.1. The zero-order valence-corrected chi connectivity index (χ0v) is 14.3. The number of nitrogens with zero attached hydrogens (tertiary/aromatic N) is 2. The van der Waals surface area contributed by atoms with E-state index in [-0.39, 0.29) is 11.3 Å². The average Bonchev–Trinajstić information content (AvgIpc) is 3.17. The van der Waals surface area contributed by atoms with Gasteiger partial charge in [0.1, 0.15) is 5.75 Å². The highest BCUT2D eigenvalue weighted by Gasteiger charge is 2.23. The van der Waals surface area contributed by atoms with Crippen LogP contribution < -0.4 is 10.3 Å². The number of nitrogens with one attached hydrogen (secondary N) is 1. The molecule has 0 aliphatic carbocycles. The molecule has 0 saturated heterocycles.